The molecular weight excluding hydrogens is 514 g/mol. The van der Waals surface area contributed by atoms with Gasteiger partial charge < -0.3 is 10.1 Å². The fourth-order valence-electron chi connectivity index (χ4n) is 2.69. The topological polar surface area (TPSA) is 134 Å². The zero-order valence-corrected chi connectivity index (χ0v) is 20.2. The van der Waals surface area contributed by atoms with Crippen molar-refractivity contribution in [3.05, 3.63) is 58.6 Å². The van der Waals surface area contributed by atoms with Crippen molar-refractivity contribution >= 4 is 37.8 Å². The highest BCUT2D eigenvalue weighted by Crippen LogP contribution is 2.17. The Bertz CT molecular complexity index is 1110. The number of benzene rings is 2. The molecule has 0 aliphatic rings. The second-order valence-electron chi connectivity index (χ2n) is 6.74. The van der Waals surface area contributed by atoms with Gasteiger partial charge in [-0.1, -0.05) is 21.9 Å². The predicted molar refractivity (Wildman–Crippen MR) is 125 cm³/mol. The SMILES string of the molecule is CC#CCOc1ccc(S(=O)(=O)N[C@H](CCCNC(=O)c2ccc(Br)cc2)C(=O)NO)cc1. The quantitative estimate of drug-likeness (QED) is 0.150. The molecule has 33 heavy (non-hydrogen) atoms. The van der Waals surface area contributed by atoms with Crippen LogP contribution in [0, 0.1) is 11.8 Å². The van der Waals surface area contributed by atoms with E-state index in [-0.39, 0.29) is 36.8 Å². The number of halogens is 1. The van der Waals surface area contributed by atoms with Crippen LogP contribution in [-0.4, -0.2) is 44.6 Å². The predicted octanol–water partition coefficient (Wildman–Crippen LogP) is 2.21. The molecule has 0 bridgehead atoms. The molecule has 0 saturated heterocycles. The van der Waals surface area contributed by atoms with E-state index < -0.39 is 22.0 Å². The zero-order valence-electron chi connectivity index (χ0n) is 17.8. The van der Waals surface area contributed by atoms with Crippen LogP contribution in [0.2, 0.25) is 0 Å². The fourth-order valence-corrected chi connectivity index (χ4v) is 4.19. The monoisotopic (exact) mass is 537 g/mol. The van der Waals surface area contributed by atoms with Gasteiger partial charge in [-0.15, -0.1) is 5.92 Å². The molecule has 0 spiro atoms. The number of carbonyl (C=O) groups is 2. The van der Waals surface area contributed by atoms with E-state index in [0.717, 1.165) is 4.47 Å². The Labute approximate surface area is 201 Å². The van der Waals surface area contributed by atoms with E-state index >= 15 is 0 Å². The van der Waals surface area contributed by atoms with E-state index in [0.29, 0.717) is 11.3 Å². The van der Waals surface area contributed by atoms with Crippen LogP contribution in [0.1, 0.15) is 30.1 Å². The highest BCUT2D eigenvalue weighted by Gasteiger charge is 2.25. The van der Waals surface area contributed by atoms with Gasteiger partial charge >= 0.3 is 0 Å². The van der Waals surface area contributed by atoms with Crippen LogP contribution in [0.3, 0.4) is 0 Å². The minimum Gasteiger partial charge on any atom is -0.481 e. The summed E-state index contributed by atoms with van der Waals surface area (Å²) in [5, 5.41) is 11.7. The molecule has 0 radical (unpaired) electrons. The maximum absolute atomic E-state index is 12.7. The number of hydrogen-bond donors (Lipinski definition) is 4. The molecular formula is C22H24BrN3O6S. The van der Waals surface area contributed by atoms with E-state index in [4.69, 9.17) is 9.94 Å². The normalized spacial score (nSPS) is 11.6. The van der Waals surface area contributed by atoms with Gasteiger partial charge in [-0.3, -0.25) is 14.8 Å². The Balaban J connectivity index is 1.94. The molecule has 0 aromatic heterocycles. The average molecular weight is 538 g/mol. The smallest absolute Gasteiger partial charge is 0.261 e. The third kappa shape index (κ3) is 8.51. The van der Waals surface area contributed by atoms with Gasteiger partial charge in [0.25, 0.3) is 11.8 Å². The van der Waals surface area contributed by atoms with Crippen molar-refractivity contribution in [1.82, 2.24) is 15.5 Å². The third-order valence-electron chi connectivity index (χ3n) is 4.41. The van der Waals surface area contributed by atoms with Crippen LogP contribution in [-0.2, 0) is 14.8 Å². The van der Waals surface area contributed by atoms with Crippen molar-refractivity contribution in [2.75, 3.05) is 13.2 Å². The number of hydroxylamine groups is 1. The average Bonchev–Trinajstić information content (AvgIpc) is 2.81. The molecule has 2 aromatic carbocycles. The number of rotatable bonds is 11. The van der Waals surface area contributed by atoms with Crippen molar-refractivity contribution < 1.29 is 28.0 Å². The van der Waals surface area contributed by atoms with Crippen molar-refractivity contribution in [2.24, 2.45) is 0 Å². The Kier molecular flexibility index (Phi) is 10.3. The van der Waals surface area contributed by atoms with Gasteiger partial charge in [-0.05, 0) is 68.3 Å². The number of amides is 2. The second-order valence-corrected chi connectivity index (χ2v) is 9.37. The van der Waals surface area contributed by atoms with Crippen molar-refractivity contribution in [3.8, 4) is 17.6 Å². The molecule has 0 saturated carbocycles. The lowest BCUT2D eigenvalue weighted by atomic mass is 10.1. The minimum atomic E-state index is -4.05. The Morgan fingerprint density at radius 3 is 2.39 bits per heavy atom. The summed E-state index contributed by atoms with van der Waals surface area (Å²) < 4.78 is 33.8. The third-order valence-corrected chi connectivity index (χ3v) is 6.42. The van der Waals surface area contributed by atoms with Crippen LogP contribution in [0.4, 0.5) is 0 Å². The molecule has 0 unspecified atom stereocenters. The molecule has 2 rings (SSSR count). The number of nitrogens with one attached hydrogen (secondary N) is 3. The molecule has 0 fully saturated rings. The zero-order chi connectivity index (χ0) is 24.3. The highest BCUT2D eigenvalue weighted by atomic mass is 79.9. The van der Waals surface area contributed by atoms with E-state index in [9.17, 15) is 18.0 Å². The molecule has 0 aliphatic carbocycles. The number of carbonyl (C=O) groups excluding carboxylic acids is 2. The van der Waals surface area contributed by atoms with E-state index in [2.05, 4.69) is 37.8 Å². The van der Waals surface area contributed by atoms with Gasteiger partial charge in [0.2, 0.25) is 10.0 Å². The van der Waals surface area contributed by atoms with E-state index in [1.807, 2.05) is 0 Å². The molecule has 0 aliphatic heterocycles. The first kappa shape index (κ1) is 26.3. The molecule has 176 valence electrons. The van der Waals surface area contributed by atoms with Crippen LogP contribution in [0.5, 0.6) is 5.75 Å². The lowest BCUT2D eigenvalue weighted by molar-refractivity contribution is -0.131. The standard InChI is InChI=1S/C22H24BrN3O6S/c1-2-3-15-32-18-10-12-19(13-11-18)33(30,31)26-20(22(28)25-29)5-4-14-24-21(27)16-6-8-17(23)9-7-16/h6-13,20,26,29H,4-5,14-15H2,1H3,(H,24,27)(H,25,28)/t20-/m1/s1. The van der Waals surface area contributed by atoms with Crippen LogP contribution in [0.25, 0.3) is 0 Å². The van der Waals surface area contributed by atoms with E-state index in [1.54, 1.807) is 31.2 Å². The number of sulfonamides is 1. The van der Waals surface area contributed by atoms with Gasteiger partial charge in [0.05, 0.1) is 4.90 Å². The molecule has 0 heterocycles. The summed E-state index contributed by atoms with van der Waals surface area (Å²) in [7, 11) is -4.05. The van der Waals surface area contributed by atoms with Crippen molar-refractivity contribution in [3.63, 3.8) is 0 Å². The molecule has 1 atom stereocenters. The first-order valence-corrected chi connectivity index (χ1v) is 12.2. The maximum atomic E-state index is 12.7. The summed E-state index contributed by atoms with van der Waals surface area (Å²) in [6.45, 7) is 2.07. The summed E-state index contributed by atoms with van der Waals surface area (Å²) in [5.74, 6) is 4.66. The van der Waals surface area contributed by atoms with E-state index in [1.165, 1.54) is 29.7 Å². The summed E-state index contributed by atoms with van der Waals surface area (Å²) in [6.07, 6.45) is 0.331. The lowest BCUT2D eigenvalue weighted by Crippen LogP contribution is -2.46. The van der Waals surface area contributed by atoms with Gasteiger partial charge in [0.15, 0.2) is 0 Å². The lowest BCUT2D eigenvalue weighted by Gasteiger charge is -2.17. The summed E-state index contributed by atoms with van der Waals surface area (Å²) in [6, 6.07) is 11.2. The fraction of sp³-hybridized carbons (Fsp3) is 0.273. The molecule has 2 aromatic rings. The Morgan fingerprint density at radius 1 is 1.12 bits per heavy atom. The van der Waals surface area contributed by atoms with Gasteiger partial charge in [-0.2, -0.15) is 4.72 Å². The first-order chi connectivity index (χ1) is 15.8. The summed E-state index contributed by atoms with van der Waals surface area (Å²) in [4.78, 5) is 24.1. The van der Waals surface area contributed by atoms with Gasteiger partial charge in [0.1, 0.15) is 18.4 Å². The second kappa shape index (κ2) is 13.0. The number of ether oxygens (including phenoxy) is 1. The first-order valence-electron chi connectivity index (χ1n) is 9.89. The molecule has 11 heteroatoms. The van der Waals surface area contributed by atoms with Crippen LogP contribution >= 0.6 is 15.9 Å². The van der Waals surface area contributed by atoms with Crippen LogP contribution < -0.4 is 20.3 Å². The van der Waals surface area contributed by atoms with Crippen molar-refractivity contribution in [1.29, 1.82) is 0 Å². The Morgan fingerprint density at radius 2 is 1.79 bits per heavy atom. The summed E-state index contributed by atoms with van der Waals surface area (Å²) in [5.41, 5.74) is 1.94. The molecule has 4 N–H and O–H groups in total. The summed E-state index contributed by atoms with van der Waals surface area (Å²) >= 11 is 3.29. The Hall–Kier alpha value is -2.91. The van der Waals surface area contributed by atoms with Crippen molar-refractivity contribution in [2.45, 2.75) is 30.7 Å². The molecule has 9 nitrogen and oxygen atoms in total. The minimum absolute atomic E-state index is 0.0448. The number of hydrogen-bond acceptors (Lipinski definition) is 6. The largest absolute Gasteiger partial charge is 0.481 e. The van der Waals surface area contributed by atoms with Gasteiger partial charge in [0, 0.05) is 16.6 Å². The highest BCUT2D eigenvalue weighted by molar-refractivity contribution is 9.10. The van der Waals surface area contributed by atoms with Crippen LogP contribution in [0.15, 0.2) is 57.9 Å². The van der Waals surface area contributed by atoms with Gasteiger partial charge in [-0.25, -0.2) is 13.9 Å². The maximum Gasteiger partial charge on any atom is 0.261 e. The molecule has 2 amide bonds.